The van der Waals surface area contributed by atoms with E-state index in [-0.39, 0.29) is 16.9 Å². The molecule has 11 heteroatoms. The van der Waals surface area contributed by atoms with Crippen LogP contribution in [0, 0.1) is 6.92 Å². The van der Waals surface area contributed by atoms with Crippen LogP contribution in [0.2, 0.25) is 10.2 Å². The van der Waals surface area contributed by atoms with Crippen molar-refractivity contribution in [1.29, 1.82) is 0 Å². The number of anilines is 1. The summed E-state index contributed by atoms with van der Waals surface area (Å²) < 4.78 is 46.9. The summed E-state index contributed by atoms with van der Waals surface area (Å²) in [4.78, 5) is 12.2. The van der Waals surface area contributed by atoms with Crippen molar-refractivity contribution in [2.24, 2.45) is 0 Å². The molecule has 0 bridgehead atoms. The minimum absolute atomic E-state index is 0.204. The molecule has 3 heterocycles. The maximum absolute atomic E-state index is 13.0. The maximum Gasteiger partial charge on any atom is 0.433 e. The smallest absolute Gasteiger partial charge is 0.433 e. The summed E-state index contributed by atoms with van der Waals surface area (Å²) >= 11 is 12.9. The second-order valence-electron chi connectivity index (χ2n) is 7.65. The van der Waals surface area contributed by atoms with Crippen LogP contribution in [0.4, 0.5) is 19.0 Å². The molecule has 178 valence electrons. The molecule has 0 spiro atoms. The normalized spacial score (nSPS) is 12.8. The molecular weight excluding hydrogens is 490 g/mol. The average molecular weight is 510 g/mol. The zero-order valence-electron chi connectivity index (χ0n) is 18.4. The average Bonchev–Trinajstić information content (AvgIpc) is 3.13. The number of aromatic nitrogens is 4. The number of fused-ring (bicyclic) bond motifs is 1. The lowest BCUT2D eigenvalue weighted by Gasteiger charge is -2.22. The molecule has 2 N–H and O–H groups in total. The van der Waals surface area contributed by atoms with Crippen LogP contribution in [0.3, 0.4) is 0 Å². The molecule has 0 amide bonds. The highest BCUT2D eigenvalue weighted by molar-refractivity contribution is 6.33. The molecule has 0 aliphatic carbocycles. The summed E-state index contributed by atoms with van der Waals surface area (Å²) in [6.45, 7) is 5.82. The number of alkyl halides is 3. The van der Waals surface area contributed by atoms with Crippen LogP contribution < -0.4 is 10.5 Å². The largest absolute Gasteiger partial charge is 0.493 e. The van der Waals surface area contributed by atoms with Gasteiger partial charge in [-0.25, -0.2) is 9.97 Å². The van der Waals surface area contributed by atoms with E-state index in [1.807, 2.05) is 13.8 Å². The van der Waals surface area contributed by atoms with Crippen molar-refractivity contribution in [3.05, 3.63) is 69.6 Å². The van der Waals surface area contributed by atoms with Crippen molar-refractivity contribution in [3.63, 3.8) is 0 Å². The monoisotopic (exact) mass is 509 g/mol. The quantitative estimate of drug-likeness (QED) is 0.329. The van der Waals surface area contributed by atoms with Gasteiger partial charge >= 0.3 is 6.18 Å². The number of benzene rings is 1. The second-order valence-corrected chi connectivity index (χ2v) is 8.42. The minimum Gasteiger partial charge on any atom is -0.493 e. The highest BCUT2D eigenvalue weighted by Gasteiger charge is 2.32. The molecule has 0 saturated carbocycles. The predicted octanol–water partition coefficient (Wildman–Crippen LogP) is 6.56. The highest BCUT2D eigenvalue weighted by Crippen LogP contribution is 2.45. The molecule has 1 atom stereocenters. The van der Waals surface area contributed by atoms with Gasteiger partial charge < -0.3 is 10.5 Å². The molecular formula is C23H20Cl2F3N5O. The Balaban J connectivity index is 1.93. The number of pyridine rings is 1. The van der Waals surface area contributed by atoms with Gasteiger partial charge in [0.25, 0.3) is 0 Å². The third-order valence-corrected chi connectivity index (χ3v) is 6.21. The van der Waals surface area contributed by atoms with Gasteiger partial charge in [-0.15, -0.1) is 0 Å². The molecule has 0 radical (unpaired) electrons. The Kier molecular flexibility index (Phi) is 6.35. The van der Waals surface area contributed by atoms with Gasteiger partial charge in [-0.3, -0.25) is 9.38 Å². The number of halogens is 5. The van der Waals surface area contributed by atoms with Crippen molar-refractivity contribution in [3.8, 4) is 16.9 Å². The summed E-state index contributed by atoms with van der Waals surface area (Å²) in [5, 5.41) is 0.629. The van der Waals surface area contributed by atoms with Gasteiger partial charge in [-0.1, -0.05) is 36.2 Å². The van der Waals surface area contributed by atoms with E-state index in [4.69, 9.17) is 33.7 Å². The van der Waals surface area contributed by atoms with Crippen molar-refractivity contribution in [2.75, 3.05) is 12.3 Å². The SMILES string of the molecule is CCOc1c(C(C)c2nc(Cl)c3c(N)nccn23)cc(Cl)c(C)c1-c1ccc(C(F)(F)F)nc1. The molecule has 0 fully saturated rings. The van der Waals surface area contributed by atoms with Crippen LogP contribution in [0.15, 0.2) is 36.8 Å². The lowest BCUT2D eigenvalue weighted by Crippen LogP contribution is -2.09. The molecule has 3 aromatic heterocycles. The summed E-state index contributed by atoms with van der Waals surface area (Å²) in [7, 11) is 0. The number of nitrogen functional groups attached to an aromatic ring is 1. The zero-order chi connectivity index (χ0) is 24.8. The molecule has 0 aliphatic heterocycles. The number of nitrogens with zero attached hydrogens (tertiary/aromatic N) is 4. The fraction of sp³-hybridized carbons (Fsp3) is 0.261. The lowest BCUT2D eigenvalue weighted by molar-refractivity contribution is -0.141. The predicted molar refractivity (Wildman–Crippen MR) is 126 cm³/mol. The Morgan fingerprint density at radius 2 is 1.94 bits per heavy atom. The van der Waals surface area contributed by atoms with Gasteiger partial charge in [0.15, 0.2) is 11.0 Å². The molecule has 1 aromatic carbocycles. The van der Waals surface area contributed by atoms with Gasteiger partial charge in [0.1, 0.15) is 22.8 Å². The van der Waals surface area contributed by atoms with E-state index in [1.165, 1.54) is 12.3 Å². The van der Waals surface area contributed by atoms with Gasteiger partial charge in [0, 0.05) is 46.2 Å². The van der Waals surface area contributed by atoms with E-state index in [1.54, 1.807) is 29.8 Å². The number of imidazole rings is 1. The van der Waals surface area contributed by atoms with E-state index < -0.39 is 11.9 Å². The fourth-order valence-corrected chi connectivity index (χ4v) is 4.40. The zero-order valence-corrected chi connectivity index (χ0v) is 19.9. The maximum atomic E-state index is 13.0. The summed E-state index contributed by atoms with van der Waals surface area (Å²) in [6.07, 6.45) is -0.122. The van der Waals surface area contributed by atoms with Crippen LogP contribution in [-0.4, -0.2) is 26.0 Å². The number of hydrogen-bond acceptors (Lipinski definition) is 5. The molecule has 34 heavy (non-hydrogen) atoms. The Labute approximate surface area is 203 Å². The molecule has 4 aromatic rings. The van der Waals surface area contributed by atoms with Crippen molar-refractivity contribution in [2.45, 2.75) is 32.9 Å². The van der Waals surface area contributed by atoms with Crippen LogP contribution in [0.25, 0.3) is 16.6 Å². The van der Waals surface area contributed by atoms with Gasteiger partial charge in [0.2, 0.25) is 0 Å². The first-order valence-corrected chi connectivity index (χ1v) is 11.1. The van der Waals surface area contributed by atoms with Crippen molar-refractivity contribution >= 4 is 34.5 Å². The first-order chi connectivity index (χ1) is 16.0. The standard InChI is InChI=1S/C23H20Cl2F3N5O/c1-4-34-19-14(11(2)22-32-20(25)18-21(29)30-7-8-33(18)22)9-15(24)12(3)17(19)13-5-6-16(31-10-13)23(26,27)28/h5-11H,4H2,1-3H3,(H2,29,30). The molecule has 0 saturated heterocycles. The Hall–Kier alpha value is -3.04. The Morgan fingerprint density at radius 1 is 1.21 bits per heavy atom. The third kappa shape index (κ3) is 4.14. The Bertz CT molecular complexity index is 1370. The Morgan fingerprint density at radius 3 is 2.56 bits per heavy atom. The highest BCUT2D eigenvalue weighted by atomic mass is 35.5. The van der Waals surface area contributed by atoms with Gasteiger partial charge in [0.05, 0.1) is 6.61 Å². The number of ether oxygens (including phenoxy) is 1. The minimum atomic E-state index is -4.54. The van der Waals surface area contributed by atoms with Crippen molar-refractivity contribution in [1.82, 2.24) is 19.4 Å². The van der Waals surface area contributed by atoms with Gasteiger partial charge in [-0.2, -0.15) is 13.2 Å². The molecule has 0 aliphatic rings. The first kappa shape index (κ1) is 24.1. The van der Waals surface area contributed by atoms with E-state index in [0.717, 1.165) is 6.07 Å². The van der Waals surface area contributed by atoms with E-state index in [2.05, 4.69) is 15.0 Å². The number of rotatable bonds is 5. The second kappa shape index (κ2) is 8.96. The van der Waals surface area contributed by atoms with Gasteiger partial charge in [-0.05, 0) is 31.5 Å². The van der Waals surface area contributed by atoms with Crippen LogP contribution >= 0.6 is 23.2 Å². The lowest BCUT2D eigenvalue weighted by atomic mass is 9.91. The summed E-state index contributed by atoms with van der Waals surface area (Å²) in [5.74, 6) is 0.921. The van der Waals surface area contributed by atoms with Crippen LogP contribution in [-0.2, 0) is 6.18 Å². The topological polar surface area (TPSA) is 78.3 Å². The molecule has 4 rings (SSSR count). The fourth-order valence-electron chi connectivity index (χ4n) is 3.91. The summed E-state index contributed by atoms with van der Waals surface area (Å²) in [6, 6.07) is 4.07. The molecule has 6 nitrogen and oxygen atoms in total. The van der Waals surface area contributed by atoms with Crippen LogP contribution in [0.5, 0.6) is 5.75 Å². The van der Waals surface area contributed by atoms with E-state index in [0.29, 0.717) is 51.0 Å². The van der Waals surface area contributed by atoms with Crippen LogP contribution in [0.1, 0.15) is 42.4 Å². The summed E-state index contributed by atoms with van der Waals surface area (Å²) in [5.41, 5.74) is 7.84. The van der Waals surface area contributed by atoms with E-state index in [9.17, 15) is 13.2 Å². The number of nitrogens with two attached hydrogens (primary N) is 1. The third-order valence-electron chi connectivity index (χ3n) is 5.56. The molecule has 1 unspecified atom stereocenters. The first-order valence-electron chi connectivity index (χ1n) is 10.3. The number of hydrogen-bond donors (Lipinski definition) is 1. The van der Waals surface area contributed by atoms with Crippen molar-refractivity contribution < 1.29 is 17.9 Å². The van der Waals surface area contributed by atoms with E-state index >= 15 is 0 Å².